The van der Waals surface area contributed by atoms with Crippen molar-refractivity contribution in [1.29, 1.82) is 0 Å². The maximum absolute atomic E-state index is 6.03. The number of hydrogen-bond donors (Lipinski definition) is 1. The van der Waals surface area contributed by atoms with Crippen molar-refractivity contribution >= 4 is 29.7 Å². The molecule has 0 aliphatic carbocycles. The van der Waals surface area contributed by atoms with Gasteiger partial charge in [-0.15, -0.1) is 12.4 Å². The Hall–Kier alpha value is -0.810. The number of hydrogen-bond acceptors (Lipinski definition) is 3. The summed E-state index contributed by atoms with van der Waals surface area (Å²) in [5, 5.41) is 4.23. The summed E-state index contributed by atoms with van der Waals surface area (Å²) in [6.45, 7) is 5.74. The third-order valence-corrected chi connectivity index (χ3v) is 5.26. The third-order valence-electron chi connectivity index (χ3n) is 5.03. The van der Waals surface area contributed by atoms with Crippen LogP contribution in [-0.2, 0) is 6.54 Å². The van der Waals surface area contributed by atoms with Gasteiger partial charge in [0.05, 0.1) is 10.7 Å². The quantitative estimate of drug-likeness (QED) is 0.912. The highest BCUT2D eigenvalue weighted by atomic mass is 35.5. The maximum Gasteiger partial charge on any atom is 0.137 e. The average Bonchev–Trinajstić information content (AvgIpc) is 3.04. The van der Waals surface area contributed by atoms with Crippen LogP contribution in [0.5, 0.6) is 0 Å². The lowest BCUT2D eigenvalue weighted by atomic mass is 9.78. The Kier molecular flexibility index (Phi) is 4.64. The van der Waals surface area contributed by atoms with Crippen LogP contribution in [0.1, 0.15) is 25.0 Å². The molecule has 0 atom stereocenters. The fraction of sp³-hybridized carbons (Fsp3) is 0.562. The number of nitrogens with one attached hydrogen (secondary N) is 1. The Morgan fingerprint density at radius 1 is 1.18 bits per heavy atom. The van der Waals surface area contributed by atoms with Gasteiger partial charge in [-0.1, -0.05) is 11.6 Å². The van der Waals surface area contributed by atoms with Crippen LogP contribution in [0.3, 0.4) is 0 Å². The molecule has 6 heteroatoms. The Balaban J connectivity index is 0.00000144. The maximum atomic E-state index is 6.03. The third kappa shape index (κ3) is 3.11. The van der Waals surface area contributed by atoms with E-state index in [1.807, 2.05) is 22.7 Å². The molecule has 2 aliphatic heterocycles. The fourth-order valence-electron chi connectivity index (χ4n) is 3.85. The highest BCUT2D eigenvalue weighted by Crippen LogP contribution is 2.38. The predicted molar refractivity (Wildman–Crippen MR) is 91.9 cm³/mol. The monoisotopic (exact) mass is 340 g/mol. The number of pyridine rings is 1. The molecule has 4 rings (SSSR count). The van der Waals surface area contributed by atoms with E-state index < -0.39 is 0 Å². The standard InChI is InChI=1S/C16H21ClN4.ClH/c17-13-1-2-15-19-14(11-21(15)9-13)10-20-8-5-16(12-20)3-6-18-7-4-16;/h1-2,9,11,18H,3-8,10,12H2;1H. The average molecular weight is 341 g/mol. The molecule has 0 radical (unpaired) electrons. The Morgan fingerprint density at radius 2 is 2.00 bits per heavy atom. The summed E-state index contributed by atoms with van der Waals surface area (Å²) in [4.78, 5) is 7.27. The number of halogens is 2. The first-order valence-corrected chi connectivity index (χ1v) is 8.17. The van der Waals surface area contributed by atoms with Crippen LogP contribution < -0.4 is 5.32 Å². The number of rotatable bonds is 2. The number of piperidine rings is 1. The van der Waals surface area contributed by atoms with Crippen molar-refractivity contribution in [2.75, 3.05) is 26.2 Å². The second-order valence-corrected chi connectivity index (χ2v) is 6.99. The summed E-state index contributed by atoms with van der Waals surface area (Å²) < 4.78 is 2.02. The first-order valence-electron chi connectivity index (χ1n) is 7.79. The molecule has 0 unspecified atom stereocenters. The van der Waals surface area contributed by atoms with Crippen LogP contribution in [0.25, 0.3) is 5.65 Å². The minimum absolute atomic E-state index is 0. The number of fused-ring (bicyclic) bond motifs is 1. The molecular formula is C16H22Cl2N4. The zero-order chi connectivity index (χ0) is 14.3. The van der Waals surface area contributed by atoms with E-state index >= 15 is 0 Å². The second-order valence-electron chi connectivity index (χ2n) is 6.56. The number of nitrogens with zero attached hydrogens (tertiary/aromatic N) is 3. The van der Waals surface area contributed by atoms with Crippen LogP contribution in [0.4, 0.5) is 0 Å². The topological polar surface area (TPSA) is 32.6 Å². The summed E-state index contributed by atoms with van der Waals surface area (Å²) in [5.74, 6) is 0. The van der Waals surface area contributed by atoms with Crippen molar-refractivity contribution in [3.63, 3.8) is 0 Å². The molecule has 2 fully saturated rings. The first-order chi connectivity index (χ1) is 10.2. The molecule has 2 aromatic rings. The van der Waals surface area contributed by atoms with Crippen molar-refractivity contribution in [3.8, 4) is 0 Å². The first kappa shape index (κ1) is 16.1. The van der Waals surface area contributed by atoms with Crippen molar-refractivity contribution in [2.24, 2.45) is 5.41 Å². The van der Waals surface area contributed by atoms with Gasteiger partial charge in [-0.2, -0.15) is 0 Å². The molecular weight excluding hydrogens is 319 g/mol. The van der Waals surface area contributed by atoms with Gasteiger partial charge in [0.15, 0.2) is 0 Å². The van der Waals surface area contributed by atoms with E-state index in [2.05, 4.69) is 16.4 Å². The molecule has 4 nitrogen and oxygen atoms in total. The van der Waals surface area contributed by atoms with Gasteiger partial charge < -0.3 is 9.72 Å². The van der Waals surface area contributed by atoms with Gasteiger partial charge >= 0.3 is 0 Å². The normalized spacial score (nSPS) is 21.3. The van der Waals surface area contributed by atoms with Crippen LogP contribution in [0.2, 0.25) is 5.02 Å². The Bertz CT molecular complexity index is 649. The summed E-state index contributed by atoms with van der Waals surface area (Å²) in [7, 11) is 0. The van der Waals surface area contributed by atoms with Gasteiger partial charge in [-0.3, -0.25) is 4.90 Å². The largest absolute Gasteiger partial charge is 0.317 e. The smallest absolute Gasteiger partial charge is 0.137 e. The molecule has 2 saturated heterocycles. The molecule has 22 heavy (non-hydrogen) atoms. The molecule has 0 saturated carbocycles. The Morgan fingerprint density at radius 3 is 2.82 bits per heavy atom. The van der Waals surface area contributed by atoms with E-state index in [-0.39, 0.29) is 12.4 Å². The van der Waals surface area contributed by atoms with Gasteiger partial charge in [0.1, 0.15) is 5.65 Å². The van der Waals surface area contributed by atoms with Crippen LogP contribution in [-0.4, -0.2) is 40.5 Å². The summed E-state index contributed by atoms with van der Waals surface area (Å²) >= 11 is 6.03. The fourth-order valence-corrected chi connectivity index (χ4v) is 4.02. The van der Waals surface area contributed by atoms with Crippen LogP contribution in [0, 0.1) is 5.41 Å². The SMILES string of the molecule is Cl.Clc1ccc2nc(CN3CCC4(CCNCC4)C3)cn2c1. The lowest BCUT2D eigenvalue weighted by Gasteiger charge is -2.33. The highest BCUT2D eigenvalue weighted by molar-refractivity contribution is 6.30. The second kappa shape index (κ2) is 6.36. The Labute approximate surface area is 142 Å². The van der Waals surface area contributed by atoms with Gasteiger partial charge in [-0.25, -0.2) is 4.98 Å². The predicted octanol–water partition coefficient (Wildman–Crippen LogP) is 2.99. The summed E-state index contributed by atoms with van der Waals surface area (Å²) in [5.41, 5.74) is 2.68. The van der Waals surface area contributed by atoms with Crippen molar-refractivity contribution in [3.05, 3.63) is 35.2 Å². The molecule has 0 bridgehead atoms. The molecule has 0 aromatic carbocycles. The highest BCUT2D eigenvalue weighted by Gasteiger charge is 2.38. The molecule has 1 spiro atoms. The molecule has 2 aliphatic rings. The molecule has 0 amide bonds. The van der Waals surface area contributed by atoms with Gasteiger partial charge in [-0.05, 0) is 56.4 Å². The van der Waals surface area contributed by atoms with E-state index in [0.29, 0.717) is 5.41 Å². The molecule has 1 N–H and O–H groups in total. The van der Waals surface area contributed by atoms with E-state index in [4.69, 9.17) is 16.6 Å². The summed E-state index contributed by atoms with van der Waals surface area (Å²) in [6, 6.07) is 3.87. The lowest BCUT2D eigenvalue weighted by Crippen LogP contribution is -2.38. The van der Waals surface area contributed by atoms with Crippen LogP contribution in [0.15, 0.2) is 24.5 Å². The number of imidazole rings is 1. The summed E-state index contributed by atoms with van der Waals surface area (Å²) in [6.07, 6.45) is 8.02. The van der Waals surface area contributed by atoms with Crippen molar-refractivity contribution in [2.45, 2.75) is 25.8 Å². The van der Waals surface area contributed by atoms with E-state index in [0.717, 1.165) is 22.9 Å². The van der Waals surface area contributed by atoms with Crippen molar-refractivity contribution < 1.29 is 0 Å². The van der Waals surface area contributed by atoms with E-state index in [1.54, 1.807) is 0 Å². The lowest BCUT2D eigenvalue weighted by molar-refractivity contribution is 0.193. The number of likely N-dealkylation sites (tertiary alicyclic amines) is 1. The zero-order valence-corrected chi connectivity index (χ0v) is 14.2. The van der Waals surface area contributed by atoms with Crippen molar-refractivity contribution in [1.82, 2.24) is 19.6 Å². The van der Waals surface area contributed by atoms with Crippen LogP contribution >= 0.6 is 24.0 Å². The zero-order valence-electron chi connectivity index (χ0n) is 12.6. The molecule has 120 valence electrons. The number of aromatic nitrogens is 2. The minimum Gasteiger partial charge on any atom is -0.317 e. The van der Waals surface area contributed by atoms with E-state index in [9.17, 15) is 0 Å². The molecule has 2 aromatic heterocycles. The minimum atomic E-state index is 0. The molecule has 4 heterocycles. The van der Waals surface area contributed by atoms with E-state index in [1.165, 1.54) is 45.4 Å². The van der Waals surface area contributed by atoms with Gasteiger partial charge in [0.25, 0.3) is 0 Å². The van der Waals surface area contributed by atoms with Gasteiger partial charge in [0.2, 0.25) is 0 Å². The van der Waals surface area contributed by atoms with Gasteiger partial charge in [0, 0.05) is 25.5 Å².